The Morgan fingerprint density at radius 2 is 2.15 bits per heavy atom. The Morgan fingerprint density at radius 3 is 2.70 bits per heavy atom. The third-order valence-electron chi connectivity index (χ3n) is 3.80. The summed E-state index contributed by atoms with van der Waals surface area (Å²) in [7, 11) is 1.45. The molecule has 1 aromatic rings. The highest BCUT2D eigenvalue weighted by Crippen LogP contribution is 2.35. The van der Waals surface area contributed by atoms with Crippen molar-refractivity contribution in [2.75, 3.05) is 32.1 Å². The summed E-state index contributed by atoms with van der Waals surface area (Å²) in [4.78, 5) is 13.2. The van der Waals surface area contributed by atoms with Crippen LogP contribution in [0.4, 0.5) is 11.4 Å². The summed E-state index contributed by atoms with van der Waals surface area (Å²) in [6, 6.07) is 5.41. The number of nitrogens with zero attached hydrogens (tertiary/aromatic N) is 2. The summed E-state index contributed by atoms with van der Waals surface area (Å²) >= 11 is 0. The third-order valence-corrected chi connectivity index (χ3v) is 3.80. The molecule has 110 valence electrons. The zero-order valence-electron chi connectivity index (χ0n) is 12.0. The first-order valence-corrected chi connectivity index (χ1v) is 6.96. The Morgan fingerprint density at radius 1 is 1.45 bits per heavy atom. The molecule has 1 aliphatic heterocycles. The van der Waals surface area contributed by atoms with Gasteiger partial charge in [0.1, 0.15) is 5.69 Å². The number of piperidine rings is 1. The fourth-order valence-electron chi connectivity index (χ4n) is 2.61. The van der Waals surface area contributed by atoms with Crippen LogP contribution in [-0.4, -0.2) is 42.6 Å². The molecule has 1 aliphatic rings. The smallest absolute Gasteiger partial charge is 0.333 e. The molecule has 6 heteroatoms. The topological polar surface area (TPSA) is 67.6 Å². The largest absolute Gasteiger partial charge is 0.490 e. The molecule has 0 amide bonds. The maximum atomic E-state index is 11.2. The number of hydrogen-bond donors (Lipinski definition) is 1. The Balaban J connectivity index is 2.12. The van der Waals surface area contributed by atoms with Gasteiger partial charge in [-0.1, -0.05) is 13.0 Å². The molecule has 0 aromatic heterocycles. The number of methoxy groups -OCH3 is 1. The van der Waals surface area contributed by atoms with E-state index in [-0.39, 0.29) is 16.7 Å². The minimum Gasteiger partial charge on any atom is -0.490 e. The van der Waals surface area contributed by atoms with Crippen molar-refractivity contribution in [2.45, 2.75) is 25.8 Å². The van der Waals surface area contributed by atoms with Crippen molar-refractivity contribution < 1.29 is 9.66 Å². The molecule has 0 aliphatic carbocycles. The number of rotatable bonds is 5. The van der Waals surface area contributed by atoms with Crippen molar-refractivity contribution in [3.63, 3.8) is 0 Å². The number of nitro groups is 1. The number of likely N-dealkylation sites (tertiary alicyclic amines) is 1. The summed E-state index contributed by atoms with van der Waals surface area (Å²) in [6.07, 6.45) is 2.00. The molecule has 20 heavy (non-hydrogen) atoms. The Hall–Kier alpha value is -1.82. The van der Waals surface area contributed by atoms with Crippen LogP contribution in [0.15, 0.2) is 18.2 Å². The highest BCUT2D eigenvalue weighted by atomic mass is 16.6. The first kappa shape index (κ1) is 14.6. The lowest BCUT2D eigenvalue weighted by molar-refractivity contribution is -0.384. The maximum Gasteiger partial charge on any atom is 0.333 e. The molecule has 1 fully saturated rings. The van der Waals surface area contributed by atoms with E-state index in [0.717, 1.165) is 32.5 Å². The Kier molecular flexibility index (Phi) is 4.79. The molecule has 0 saturated carbocycles. The molecular formula is C14H21N3O3. The van der Waals surface area contributed by atoms with Crippen molar-refractivity contribution >= 4 is 11.4 Å². The number of ether oxygens (including phenoxy) is 1. The van der Waals surface area contributed by atoms with Gasteiger partial charge < -0.3 is 15.0 Å². The molecule has 2 rings (SSSR count). The predicted octanol–water partition coefficient (Wildman–Crippen LogP) is 2.50. The van der Waals surface area contributed by atoms with E-state index in [4.69, 9.17) is 4.74 Å². The number of hydrogen-bond acceptors (Lipinski definition) is 5. The first-order valence-electron chi connectivity index (χ1n) is 6.96. The van der Waals surface area contributed by atoms with Crippen LogP contribution >= 0.6 is 0 Å². The average molecular weight is 279 g/mol. The molecular weight excluding hydrogens is 258 g/mol. The Labute approximate surface area is 118 Å². The van der Waals surface area contributed by atoms with Crippen molar-refractivity contribution in [1.29, 1.82) is 0 Å². The van der Waals surface area contributed by atoms with Gasteiger partial charge in [-0.05, 0) is 31.5 Å². The number of nitro benzene ring substituents is 1. The lowest BCUT2D eigenvalue weighted by atomic mass is 10.0. The van der Waals surface area contributed by atoms with Gasteiger partial charge in [0.15, 0.2) is 5.75 Å². The van der Waals surface area contributed by atoms with Crippen molar-refractivity contribution in [3.8, 4) is 5.75 Å². The minimum atomic E-state index is -0.387. The predicted molar refractivity (Wildman–Crippen MR) is 78.4 cm³/mol. The van der Waals surface area contributed by atoms with E-state index in [1.54, 1.807) is 18.2 Å². The van der Waals surface area contributed by atoms with Gasteiger partial charge in [-0.3, -0.25) is 10.1 Å². The summed E-state index contributed by atoms with van der Waals surface area (Å²) in [5.41, 5.74) is 0.567. The normalized spacial score (nSPS) is 16.9. The van der Waals surface area contributed by atoms with Gasteiger partial charge in [-0.15, -0.1) is 0 Å². The van der Waals surface area contributed by atoms with E-state index in [9.17, 15) is 10.1 Å². The Bertz CT molecular complexity index is 471. The van der Waals surface area contributed by atoms with Gasteiger partial charge in [0.2, 0.25) is 0 Å². The van der Waals surface area contributed by atoms with Crippen LogP contribution in [0.5, 0.6) is 5.75 Å². The van der Waals surface area contributed by atoms with E-state index < -0.39 is 0 Å². The van der Waals surface area contributed by atoms with Crippen molar-refractivity contribution in [3.05, 3.63) is 28.3 Å². The minimum absolute atomic E-state index is 0.0212. The SMILES string of the molecule is CCN1CCC(Nc2cccc(OC)c2[N+](=O)[O-])CC1. The number of benzene rings is 1. The van der Waals surface area contributed by atoms with Gasteiger partial charge >= 0.3 is 5.69 Å². The molecule has 6 nitrogen and oxygen atoms in total. The van der Waals surface area contributed by atoms with E-state index in [1.165, 1.54) is 7.11 Å². The molecule has 0 atom stereocenters. The zero-order chi connectivity index (χ0) is 14.5. The molecule has 1 aromatic carbocycles. The second-order valence-electron chi connectivity index (χ2n) is 4.97. The van der Waals surface area contributed by atoms with Crippen molar-refractivity contribution in [1.82, 2.24) is 4.90 Å². The lowest BCUT2D eigenvalue weighted by Crippen LogP contribution is -2.38. The molecule has 1 heterocycles. The standard InChI is InChI=1S/C14H21N3O3/c1-3-16-9-7-11(8-10-16)15-12-5-4-6-13(20-2)14(12)17(18)19/h4-6,11,15H,3,7-10H2,1-2H3. The number of anilines is 1. The van der Waals surface area contributed by atoms with Crippen LogP contribution in [0.3, 0.4) is 0 Å². The maximum absolute atomic E-state index is 11.2. The lowest BCUT2D eigenvalue weighted by Gasteiger charge is -2.31. The van der Waals surface area contributed by atoms with Crippen LogP contribution in [0.25, 0.3) is 0 Å². The fraction of sp³-hybridized carbons (Fsp3) is 0.571. The first-order chi connectivity index (χ1) is 9.65. The van der Waals surface area contributed by atoms with Gasteiger partial charge in [-0.2, -0.15) is 0 Å². The summed E-state index contributed by atoms with van der Waals surface area (Å²) in [5.74, 6) is 0.297. The second-order valence-corrected chi connectivity index (χ2v) is 4.97. The van der Waals surface area contributed by atoms with Crippen molar-refractivity contribution in [2.24, 2.45) is 0 Å². The van der Waals surface area contributed by atoms with E-state index in [0.29, 0.717) is 11.4 Å². The van der Waals surface area contributed by atoms with Gasteiger partial charge in [0, 0.05) is 19.1 Å². The molecule has 0 spiro atoms. The zero-order valence-corrected chi connectivity index (χ0v) is 12.0. The highest BCUT2D eigenvalue weighted by Gasteiger charge is 2.24. The average Bonchev–Trinajstić information content (AvgIpc) is 2.47. The van der Waals surface area contributed by atoms with Gasteiger partial charge in [0.25, 0.3) is 0 Å². The highest BCUT2D eigenvalue weighted by molar-refractivity contribution is 5.68. The van der Waals surface area contributed by atoms with Crippen LogP contribution in [0.1, 0.15) is 19.8 Å². The quantitative estimate of drug-likeness (QED) is 0.662. The number of nitrogens with one attached hydrogen (secondary N) is 1. The summed E-state index contributed by atoms with van der Waals surface area (Å²) in [5, 5.41) is 14.5. The van der Waals surface area contributed by atoms with Crippen LogP contribution in [0.2, 0.25) is 0 Å². The van der Waals surface area contributed by atoms with E-state index in [1.807, 2.05) is 0 Å². The third kappa shape index (κ3) is 3.19. The molecule has 0 radical (unpaired) electrons. The van der Waals surface area contributed by atoms with Gasteiger partial charge in [0.05, 0.1) is 12.0 Å². The van der Waals surface area contributed by atoms with E-state index >= 15 is 0 Å². The van der Waals surface area contributed by atoms with Crippen LogP contribution in [-0.2, 0) is 0 Å². The molecule has 0 bridgehead atoms. The second kappa shape index (κ2) is 6.56. The molecule has 1 saturated heterocycles. The molecule has 0 unspecified atom stereocenters. The number of para-hydroxylation sites is 1. The fourth-order valence-corrected chi connectivity index (χ4v) is 2.61. The summed E-state index contributed by atoms with van der Waals surface area (Å²) < 4.78 is 5.08. The van der Waals surface area contributed by atoms with Gasteiger partial charge in [-0.25, -0.2) is 0 Å². The molecule has 1 N–H and O–H groups in total. The van der Waals surface area contributed by atoms with Crippen LogP contribution in [0, 0.1) is 10.1 Å². The summed E-state index contributed by atoms with van der Waals surface area (Å²) in [6.45, 7) is 5.28. The van der Waals surface area contributed by atoms with Crippen LogP contribution < -0.4 is 10.1 Å². The monoisotopic (exact) mass is 279 g/mol. The van der Waals surface area contributed by atoms with E-state index in [2.05, 4.69) is 17.1 Å².